The molecule has 1 N–H and O–H groups in total. The molecule has 3 nitrogen and oxygen atoms in total. The molecular formula is C14H24N2O. The van der Waals surface area contributed by atoms with E-state index in [9.17, 15) is 5.11 Å². The van der Waals surface area contributed by atoms with Gasteiger partial charge >= 0.3 is 0 Å². The van der Waals surface area contributed by atoms with E-state index in [1.807, 2.05) is 17.1 Å². The van der Waals surface area contributed by atoms with Crippen molar-refractivity contribution in [2.45, 2.75) is 59.1 Å². The Morgan fingerprint density at radius 1 is 1.47 bits per heavy atom. The van der Waals surface area contributed by atoms with Crippen molar-refractivity contribution in [3.8, 4) is 0 Å². The van der Waals surface area contributed by atoms with Gasteiger partial charge in [-0.25, -0.2) is 0 Å². The second-order valence-corrected chi connectivity index (χ2v) is 6.47. The molecule has 1 aliphatic carbocycles. The highest BCUT2D eigenvalue weighted by Crippen LogP contribution is 2.48. The summed E-state index contributed by atoms with van der Waals surface area (Å²) in [5.74, 6) is 0.564. The molecule has 0 saturated heterocycles. The predicted molar refractivity (Wildman–Crippen MR) is 68.6 cm³/mol. The zero-order valence-electron chi connectivity index (χ0n) is 11.4. The van der Waals surface area contributed by atoms with E-state index in [-0.39, 0.29) is 5.41 Å². The summed E-state index contributed by atoms with van der Waals surface area (Å²) in [5.41, 5.74) is 0.508. The van der Waals surface area contributed by atoms with E-state index in [1.165, 1.54) is 6.42 Å². The standard InChI is InChI=1S/C14H24N2O/c1-5-16-9-12(8-15-16)14(17)7-11(2)6-13(3,4)10-14/h8-9,11,17H,5-7,10H2,1-4H3. The van der Waals surface area contributed by atoms with E-state index in [0.29, 0.717) is 5.92 Å². The fourth-order valence-corrected chi connectivity index (χ4v) is 3.52. The molecule has 0 radical (unpaired) electrons. The highest BCUT2D eigenvalue weighted by atomic mass is 16.3. The lowest BCUT2D eigenvalue weighted by Crippen LogP contribution is -2.39. The van der Waals surface area contributed by atoms with Crippen LogP contribution in [0.2, 0.25) is 0 Å². The van der Waals surface area contributed by atoms with E-state index in [2.05, 4.69) is 32.8 Å². The minimum Gasteiger partial charge on any atom is -0.385 e. The summed E-state index contributed by atoms with van der Waals surface area (Å²) in [6.07, 6.45) is 6.70. The van der Waals surface area contributed by atoms with Crippen molar-refractivity contribution in [3.05, 3.63) is 18.0 Å². The van der Waals surface area contributed by atoms with Gasteiger partial charge in [-0.3, -0.25) is 4.68 Å². The third kappa shape index (κ3) is 2.54. The predicted octanol–water partition coefficient (Wildman–Crippen LogP) is 2.94. The maximum Gasteiger partial charge on any atom is 0.0934 e. The molecule has 1 saturated carbocycles. The summed E-state index contributed by atoms with van der Waals surface area (Å²) in [6, 6.07) is 0. The van der Waals surface area contributed by atoms with Crippen LogP contribution in [0.3, 0.4) is 0 Å². The van der Waals surface area contributed by atoms with Gasteiger partial charge in [0.2, 0.25) is 0 Å². The summed E-state index contributed by atoms with van der Waals surface area (Å²) < 4.78 is 1.89. The first kappa shape index (κ1) is 12.6. The Morgan fingerprint density at radius 2 is 2.18 bits per heavy atom. The number of hydrogen-bond donors (Lipinski definition) is 1. The Hall–Kier alpha value is -0.830. The SMILES string of the molecule is CCn1cc(C2(O)CC(C)CC(C)(C)C2)cn1. The quantitative estimate of drug-likeness (QED) is 0.857. The lowest BCUT2D eigenvalue weighted by molar-refractivity contribution is -0.0635. The Labute approximate surface area is 104 Å². The van der Waals surface area contributed by atoms with Gasteiger partial charge in [-0.2, -0.15) is 5.10 Å². The monoisotopic (exact) mass is 236 g/mol. The van der Waals surface area contributed by atoms with E-state index in [0.717, 1.165) is 24.9 Å². The third-order valence-electron chi connectivity index (χ3n) is 3.85. The van der Waals surface area contributed by atoms with Crippen LogP contribution in [-0.2, 0) is 12.1 Å². The van der Waals surface area contributed by atoms with Crippen LogP contribution in [0.5, 0.6) is 0 Å². The number of nitrogens with zero attached hydrogens (tertiary/aromatic N) is 2. The van der Waals surface area contributed by atoms with Crippen molar-refractivity contribution >= 4 is 0 Å². The van der Waals surface area contributed by atoms with E-state index >= 15 is 0 Å². The molecule has 3 heteroatoms. The summed E-state index contributed by atoms with van der Waals surface area (Å²) in [7, 11) is 0. The summed E-state index contributed by atoms with van der Waals surface area (Å²) >= 11 is 0. The molecule has 2 rings (SSSR count). The van der Waals surface area contributed by atoms with Crippen LogP contribution in [0.1, 0.15) is 52.5 Å². The Kier molecular flexibility index (Phi) is 3.06. The van der Waals surface area contributed by atoms with Crippen LogP contribution in [0.25, 0.3) is 0 Å². The van der Waals surface area contributed by atoms with Crippen LogP contribution in [-0.4, -0.2) is 14.9 Å². The average molecular weight is 236 g/mol. The van der Waals surface area contributed by atoms with Gasteiger partial charge in [-0.1, -0.05) is 20.8 Å². The Balaban J connectivity index is 2.28. The normalized spacial score (nSPS) is 32.6. The molecule has 0 aliphatic heterocycles. The molecule has 0 spiro atoms. The van der Waals surface area contributed by atoms with Crippen LogP contribution < -0.4 is 0 Å². The van der Waals surface area contributed by atoms with Gasteiger partial charge in [-0.15, -0.1) is 0 Å². The number of aryl methyl sites for hydroxylation is 1. The fourth-order valence-electron chi connectivity index (χ4n) is 3.52. The summed E-state index contributed by atoms with van der Waals surface area (Å²) in [6.45, 7) is 9.65. The van der Waals surface area contributed by atoms with Gasteiger partial charge in [0.25, 0.3) is 0 Å². The molecule has 2 unspecified atom stereocenters. The van der Waals surface area contributed by atoms with Crippen LogP contribution in [0.15, 0.2) is 12.4 Å². The lowest BCUT2D eigenvalue weighted by atomic mass is 9.64. The third-order valence-corrected chi connectivity index (χ3v) is 3.85. The fraction of sp³-hybridized carbons (Fsp3) is 0.786. The minimum atomic E-state index is -0.686. The van der Waals surface area contributed by atoms with Gasteiger partial charge in [0.1, 0.15) is 0 Å². The Bertz CT molecular complexity index is 397. The summed E-state index contributed by atoms with van der Waals surface area (Å²) in [4.78, 5) is 0. The molecule has 0 bridgehead atoms. The molecule has 1 aromatic heterocycles. The Morgan fingerprint density at radius 3 is 2.71 bits per heavy atom. The van der Waals surface area contributed by atoms with E-state index in [4.69, 9.17) is 0 Å². The number of aromatic nitrogens is 2. The van der Waals surface area contributed by atoms with Gasteiger partial charge in [0, 0.05) is 18.3 Å². The molecule has 96 valence electrons. The maximum atomic E-state index is 10.9. The molecule has 0 amide bonds. The van der Waals surface area contributed by atoms with Crippen molar-refractivity contribution in [2.24, 2.45) is 11.3 Å². The second-order valence-electron chi connectivity index (χ2n) is 6.47. The topological polar surface area (TPSA) is 38.0 Å². The molecule has 17 heavy (non-hydrogen) atoms. The van der Waals surface area contributed by atoms with Gasteiger partial charge in [0.05, 0.1) is 11.8 Å². The highest BCUT2D eigenvalue weighted by Gasteiger charge is 2.43. The molecule has 1 heterocycles. The van der Waals surface area contributed by atoms with Crippen molar-refractivity contribution in [3.63, 3.8) is 0 Å². The van der Waals surface area contributed by atoms with E-state index < -0.39 is 5.60 Å². The van der Waals surface area contributed by atoms with Crippen molar-refractivity contribution < 1.29 is 5.11 Å². The number of rotatable bonds is 2. The van der Waals surface area contributed by atoms with Gasteiger partial charge in [0.15, 0.2) is 0 Å². The molecule has 1 aliphatic rings. The first-order valence-electron chi connectivity index (χ1n) is 6.60. The average Bonchev–Trinajstić information content (AvgIpc) is 2.61. The van der Waals surface area contributed by atoms with Crippen molar-refractivity contribution in [2.75, 3.05) is 0 Å². The van der Waals surface area contributed by atoms with Crippen LogP contribution in [0.4, 0.5) is 0 Å². The van der Waals surface area contributed by atoms with Crippen LogP contribution >= 0.6 is 0 Å². The smallest absolute Gasteiger partial charge is 0.0934 e. The molecular weight excluding hydrogens is 212 g/mol. The maximum absolute atomic E-state index is 10.9. The van der Waals surface area contributed by atoms with Gasteiger partial charge in [-0.05, 0) is 37.5 Å². The molecule has 0 aromatic carbocycles. The first-order valence-corrected chi connectivity index (χ1v) is 6.60. The second kappa shape index (κ2) is 4.13. The van der Waals surface area contributed by atoms with Crippen molar-refractivity contribution in [1.29, 1.82) is 0 Å². The zero-order valence-corrected chi connectivity index (χ0v) is 11.4. The largest absolute Gasteiger partial charge is 0.385 e. The number of aliphatic hydroxyl groups is 1. The van der Waals surface area contributed by atoms with Gasteiger partial charge < -0.3 is 5.11 Å². The zero-order chi connectivity index (χ0) is 12.7. The van der Waals surface area contributed by atoms with Crippen molar-refractivity contribution in [1.82, 2.24) is 9.78 Å². The van der Waals surface area contributed by atoms with E-state index in [1.54, 1.807) is 0 Å². The number of hydrogen-bond acceptors (Lipinski definition) is 2. The molecule has 1 fully saturated rings. The lowest BCUT2D eigenvalue weighted by Gasteiger charge is -2.44. The first-order chi connectivity index (χ1) is 7.85. The minimum absolute atomic E-state index is 0.209. The highest BCUT2D eigenvalue weighted by molar-refractivity contribution is 5.17. The molecule has 2 atom stereocenters. The molecule has 1 aromatic rings. The summed E-state index contributed by atoms with van der Waals surface area (Å²) in [5, 5.41) is 15.2. The van der Waals surface area contributed by atoms with Crippen LogP contribution in [0, 0.1) is 11.3 Å².